The van der Waals surface area contributed by atoms with Crippen LogP contribution in [-0.2, 0) is 9.59 Å². The van der Waals surface area contributed by atoms with Crippen molar-refractivity contribution in [1.29, 1.82) is 0 Å². The molecule has 8 heteroatoms. The molecule has 0 spiro atoms. The van der Waals surface area contributed by atoms with Gasteiger partial charge in [-0.2, -0.15) is 0 Å². The molecule has 0 saturated carbocycles. The van der Waals surface area contributed by atoms with Crippen molar-refractivity contribution in [2.24, 2.45) is 5.92 Å². The topological polar surface area (TPSA) is 86.7 Å². The Kier molecular flexibility index (Phi) is 5.47. The van der Waals surface area contributed by atoms with E-state index in [0.717, 1.165) is 3.57 Å². The number of aromatic carboxylic acids is 1. The van der Waals surface area contributed by atoms with Crippen molar-refractivity contribution < 1.29 is 19.5 Å². The van der Waals surface area contributed by atoms with Gasteiger partial charge in [-0.15, -0.1) is 0 Å². The molecular formula is C18H14ClIN2O4. The summed E-state index contributed by atoms with van der Waals surface area (Å²) in [6.45, 7) is 0.235. The Balaban J connectivity index is 1.75. The van der Waals surface area contributed by atoms with E-state index in [1.807, 2.05) is 22.6 Å². The molecule has 2 aromatic rings. The highest BCUT2D eigenvalue weighted by Gasteiger charge is 2.35. The Morgan fingerprint density at radius 3 is 2.54 bits per heavy atom. The molecule has 0 aromatic heterocycles. The highest BCUT2D eigenvalue weighted by atomic mass is 127. The third-order valence-electron chi connectivity index (χ3n) is 4.10. The number of halogens is 2. The number of carbonyl (C=O) groups is 3. The highest BCUT2D eigenvalue weighted by molar-refractivity contribution is 14.1. The molecule has 1 aliphatic heterocycles. The smallest absolute Gasteiger partial charge is 0.337 e. The van der Waals surface area contributed by atoms with Gasteiger partial charge in [0.05, 0.1) is 17.2 Å². The third kappa shape index (κ3) is 3.99. The van der Waals surface area contributed by atoms with Crippen molar-refractivity contribution in [2.45, 2.75) is 6.42 Å². The molecule has 6 nitrogen and oxygen atoms in total. The van der Waals surface area contributed by atoms with Crippen molar-refractivity contribution in [1.82, 2.24) is 0 Å². The van der Waals surface area contributed by atoms with Crippen molar-refractivity contribution in [3.63, 3.8) is 0 Å². The van der Waals surface area contributed by atoms with Crippen LogP contribution in [0.25, 0.3) is 0 Å². The van der Waals surface area contributed by atoms with Crippen LogP contribution in [0.5, 0.6) is 0 Å². The Labute approximate surface area is 168 Å². The monoisotopic (exact) mass is 484 g/mol. The number of nitrogens with zero attached hydrogens (tertiary/aromatic N) is 1. The van der Waals surface area contributed by atoms with E-state index in [9.17, 15) is 19.5 Å². The number of nitrogens with one attached hydrogen (secondary N) is 1. The first-order valence-electron chi connectivity index (χ1n) is 7.75. The molecule has 0 radical (unpaired) electrons. The summed E-state index contributed by atoms with van der Waals surface area (Å²) in [6, 6.07) is 11.6. The zero-order valence-electron chi connectivity index (χ0n) is 13.4. The van der Waals surface area contributed by atoms with Crippen molar-refractivity contribution in [3.05, 3.63) is 56.6 Å². The van der Waals surface area contributed by atoms with E-state index in [1.165, 1.54) is 11.0 Å². The van der Waals surface area contributed by atoms with Gasteiger partial charge < -0.3 is 15.3 Å². The molecule has 1 fully saturated rings. The molecule has 2 aromatic carbocycles. The summed E-state index contributed by atoms with van der Waals surface area (Å²) in [7, 11) is 0. The van der Waals surface area contributed by atoms with Crippen LogP contribution in [0.2, 0.25) is 5.02 Å². The first-order chi connectivity index (χ1) is 12.3. The standard InChI is InChI=1S/C18H14ClIN2O4/c19-11-1-4-13(5-2-11)22-9-10(7-16(22)23)17(24)21-15-6-3-12(20)8-14(15)18(25)26/h1-6,8,10H,7,9H2,(H,21,24)(H,25,26). The van der Waals surface area contributed by atoms with Crippen LogP contribution in [0.3, 0.4) is 0 Å². The number of carbonyl (C=O) groups excluding carboxylic acids is 2. The van der Waals surface area contributed by atoms with Crippen LogP contribution in [0.15, 0.2) is 42.5 Å². The predicted octanol–water partition coefficient (Wildman–Crippen LogP) is 3.63. The summed E-state index contributed by atoms with van der Waals surface area (Å²) in [4.78, 5) is 37.7. The normalized spacial score (nSPS) is 16.6. The minimum absolute atomic E-state index is 0.0177. The fourth-order valence-electron chi connectivity index (χ4n) is 2.79. The number of benzene rings is 2. The summed E-state index contributed by atoms with van der Waals surface area (Å²) in [5, 5.41) is 12.5. The molecule has 1 atom stereocenters. The fourth-order valence-corrected chi connectivity index (χ4v) is 3.41. The Bertz CT molecular complexity index is 885. The van der Waals surface area contributed by atoms with Crippen molar-refractivity contribution in [3.8, 4) is 0 Å². The second-order valence-electron chi connectivity index (χ2n) is 5.87. The van der Waals surface area contributed by atoms with Gasteiger partial charge in [-0.1, -0.05) is 11.6 Å². The summed E-state index contributed by atoms with van der Waals surface area (Å²) >= 11 is 7.86. The van der Waals surface area contributed by atoms with E-state index in [1.54, 1.807) is 36.4 Å². The lowest BCUT2D eigenvalue weighted by molar-refractivity contribution is -0.122. The van der Waals surface area contributed by atoms with Gasteiger partial charge in [-0.3, -0.25) is 9.59 Å². The first kappa shape index (κ1) is 18.7. The molecule has 0 aliphatic carbocycles. The summed E-state index contributed by atoms with van der Waals surface area (Å²) in [6.07, 6.45) is 0.0707. The number of carboxylic acid groups (broad SMARTS) is 1. The maximum atomic E-state index is 12.5. The molecule has 2 N–H and O–H groups in total. The van der Waals surface area contributed by atoms with Gasteiger partial charge in [0.25, 0.3) is 0 Å². The fraction of sp³-hybridized carbons (Fsp3) is 0.167. The van der Waals surface area contributed by atoms with Crippen LogP contribution in [-0.4, -0.2) is 29.4 Å². The first-order valence-corrected chi connectivity index (χ1v) is 9.20. The molecule has 26 heavy (non-hydrogen) atoms. The largest absolute Gasteiger partial charge is 0.478 e. The van der Waals surface area contributed by atoms with Crippen LogP contribution >= 0.6 is 34.2 Å². The molecule has 2 amide bonds. The summed E-state index contributed by atoms with van der Waals surface area (Å²) < 4.78 is 0.753. The number of anilines is 2. The van der Waals surface area contributed by atoms with Gasteiger partial charge in [-0.25, -0.2) is 4.79 Å². The van der Waals surface area contributed by atoms with E-state index in [2.05, 4.69) is 5.32 Å². The van der Waals surface area contributed by atoms with E-state index in [4.69, 9.17) is 11.6 Å². The number of hydrogen-bond donors (Lipinski definition) is 2. The van der Waals surface area contributed by atoms with Crippen LogP contribution in [0.4, 0.5) is 11.4 Å². The Hall–Kier alpha value is -2.13. The highest BCUT2D eigenvalue weighted by Crippen LogP contribution is 2.28. The van der Waals surface area contributed by atoms with E-state index < -0.39 is 11.9 Å². The minimum atomic E-state index is -1.12. The summed E-state index contributed by atoms with van der Waals surface area (Å²) in [5.41, 5.74) is 0.916. The quantitative estimate of drug-likeness (QED) is 0.649. The molecule has 1 heterocycles. The SMILES string of the molecule is O=C(O)c1cc(I)ccc1NC(=O)C1CC(=O)N(c2ccc(Cl)cc2)C1. The number of rotatable bonds is 4. The van der Waals surface area contributed by atoms with E-state index in [0.29, 0.717) is 10.7 Å². The van der Waals surface area contributed by atoms with Crippen LogP contribution in [0, 0.1) is 9.49 Å². The minimum Gasteiger partial charge on any atom is -0.478 e. The average Bonchev–Trinajstić information content (AvgIpc) is 2.99. The average molecular weight is 485 g/mol. The van der Waals surface area contributed by atoms with Gasteiger partial charge in [0.15, 0.2) is 0 Å². The van der Waals surface area contributed by atoms with Crippen molar-refractivity contribution in [2.75, 3.05) is 16.8 Å². The lowest BCUT2D eigenvalue weighted by Crippen LogP contribution is -2.28. The predicted molar refractivity (Wildman–Crippen MR) is 107 cm³/mol. The zero-order chi connectivity index (χ0) is 18.8. The van der Waals surface area contributed by atoms with Gasteiger partial charge in [-0.05, 0) is 65.1 Å². The van der Waals surface area contributed by atoms with Gasteiger partial charge in [0.2, 0.25) is 11.8 Å². The van der Waals surface area contributed by atoms with E-state index >= 15 is 0 Å². The second kappa shape index (κ2) is 7.63. The van der Waals surface area contributed by atoms with Crippen LogP contribution < -0.4 is 10.2 Å². The lowest BCUT2D eigenvalue weighted by atomic mass is 10.1. The number of hydrogen-bond acceptors (Lipinski definition) is 3. The molecule has 1 aliphatic rings. The molecular weight excluding hydrogens is 471 g/mol. The molecule has 0 bridgehead atoms. The summed E-state index contributed by atoms with van der Waals surface area (Å²) in [5.74, 6) is -2.21. The Morgan fingerprint density at radius 1 is 1.19 bits per heavy atom. The maximum Gasteiger partial charge on any atom is 0.337 e. The number of amides is 2. The number of carboxylic acids is 1. The third-order valence-corrected chi connectivity index (χ3v) is 5.03. The van der Waals surface area contributed by atoms with Crippen LogP contribution in [0.1, 0.15) is 16.8 Å². The Morgan fingerprint density at radius 2 is 1.88 bits per heavy atom. The molecule has 134 valence electrons. The van der Waals surface area contributed by atoms with Gasteiger partial charge in [0, 0.05) is 27.2 Å². The van der Waals surface area contributed by atoms with Crippen molar-refractivity contribution >= 4 is 63.4 Å². The maximum absolute atomic E-state index is 12.5. The molecule has 1 saturated heterocycles. The molecule has 1 unspecified atom stereocenters. The second-order valence-corrected chi connectivity index (χ2v) is 7.55. The van der Waals surface area contributed by atoms with E-state index in [-0.39, 0.29) is 36.0 Å². The van der Waals surface area contributed by atoms with Gasteiger partial charge >= 0.3 is 5.97 Å². The zero-order valence-corrected chi connectivity index (χ0v) is 16.3. The van der Waals surface area contributed by atoms with Gasteiger partial charge in [0.1, 0.15) is 0 Å². The molecule has 3 rings (SSSR count). The lowest BCUT2D eigenvalue weighted by Gasteiger charge is -2.17.